The van der Waals surface area contributed by atoms with Crippen LogP contribution in [-0.4, -0.2) is 5.38 Å². The monoisotopic (exact) mass is 396 g/mol. The molecule has 1 aromatic rings. The molecule has 1 aromatic carbocycles. The quantitative estimate of drug-likeness (QED) is 0.407. The third-order valence-electron chi connectivity index (χ3n) is 7.20. The largest absolute Gasteiger partial charge is 0.204 e. The van der Waals surface area contributed by atoms with E-state index in [9.17, 15) is 8.78 Å². The topological polar surface area (TPSA) is 0 Å². The Morgan fingerprint density at radius 3 is 2.22 bits per heavy atom. The predicted octanol–water partition coefficient (Wildman–Crippen LogP) is 8.23. The van der Waals surface area contributed by atoms with Crippen molar-refractivity contribution in [3.8, 4) is 0 Å². The second kappa shape index (κ2) is 10.2. The van der Waals surface area contributed by atoms with Gasteiger partial charge in [0.2, 0.25) is 0 Å². The minimum absolute atomic E-state index is 0.165. The molecule has 3 heteroatoms. The number of hydrogen-bond donors (Lipinski definition) is 0. The summed E-state index contributed by atoms with van der Waals surface area (Å²) in [4.78, 5) is 0. The summed E-state index contributed by atoms with van der Waals surface area (Å²) in [6.45, 7) is 2.29. The van der Waals surface area contributed by atoms with Gasteiger partial charge in [0.25, 0.3) is 0 Å². The molecule has 2 aliphatic rings. The summed E-state index contributed by atoms with van der Waals surface area (Å²) in [5.74, 6) is 1.23. The number of benzene rings is 1. The lowest BCUT2D eigenvalue weighted by atomic mass is 9.73. The van der Waals surface area contributed by atoms with Crippen LogP contribution in [0.2, 0.25) is 0 Å². The molecule has 27 heavy (non-hydrogen) atoms. The fraction of sp³-hybridized carbons (Fsp3) is 0.750. The lowest BCUT2D eigenvalue weighted by molar-refractivity contribution is 0.224. The lowest BCUT2D eigenvalue weighted by Gasteiger charge is -2.35. The Kier molecular flexibility index (Phi) is 7.99. The molecule has 3 rings (SSSR count). The highest BCUT2D eigenvalue weighted by atomic mass is 35.5. The molecule has 3 atom stereocenters. The van der Waals surface area contributed by atoms with Gasteiger partial charge in [0.1, 0.15) is 0 Å². The van der Waals surface area contributed by atoms with E-state index in [0.29, 0.717) is 5.92 Å². The van der Waals surface area contributed by atoms with Crippen molar-refractivity contribution in [3.05, 3.63) is 35.4 Å². The summed E-state index contributed by atoms with van der Waals surface area (Å²) in [6.07, 6.45) is 15.4. The second-order valence-corrected chi connectivity index (χ2v) is 9.63. The van der Waals surface area contributed by atoms with E-state index in [4.69, 9.17) is 11.6 Å². The first kappa shape index (κ1) is 21.1. The van der Waals surface area contributed by atoms with Gasteiger partial charge in [-0.05, 0) is 67.1 Å². The van der Waals surface area contributed by atoms with Gasteiger partial charge >= 0.3 is 0 Å². The number of unbranched alkanes of at least 4 members (excludes halogenated alkanes) is 1. The SMILES string of the molecule is CCCCC1CCC(CC[C@@H]2CC[C@@H](c3ccc(F)c(F)c3)CC2Cl)CC1. The fourth-order valence-electron chi connectivity index (χ4n) is 5.32. The van der Waals surface area contributed by atoms with E-state index in [0.717, 1.165) is 36.7 Å². The maximum absolute atomic E-state index is 13.5. The van der Waals surface area contributed by atoms with Crippen LogP contribution in [-0.2, 0) is 0 Å². The molecule has 1 unspecified atom stereocenters. The average Bonchev–Trinajstić information content (AvgIpc) is 2.68. The molecule has 0 radical (unpaired) electrons. The third-order valence-corrected chi connectivity index (χ3v) is 7.73. The van der Waals surface area contributed by atoms with Crippen LogP contribution in [0.5, 0.6) is 0 Å². The molecule has 152 valence electrons. The van der Waals surface area contributed by atoms with Crippen molar-refractivity contribution >= 4 is 11.6 Å². The van der Waals surface area contributed by atoms with E-state index >= 15 is 0 Å². The van der Waals surface area contributed by atoms with Crippen LogP contribution in [0.25, 0.3) is 0 Å². The van der Waals surface area contributed by atoms with Crippen molar-refractivity contribution in [1.82, 2.24) is 0 Å². The van der Waals surface area contributed by atoms with Crippen LogP contribution < -0.4 is 0 Å². The molecule has 0 spiro atoms. The highest BCUT2D eigenvalue weighted by Gasteiger charge is 2.31. The smallest absolute Gasteiger partial charge is 0.159 e. The third kappa shape index (κ3) is 5.92. The van der Waals surface area contributed by atoms with E-state index in [1.807, 2.05) is 0 Å². The zero-order valence-electron chi connectivity index (χ0n) is 16.7. The van der Waals surface area contributed by atoms with Crippen LogP contribution >= 0.6 is 11.6 Å². The first-order chi connectivity index (χ1) is 13.1. The first-order valence-electron chi connectivity index (χ1n) is 11.2. The van der Waals surface area contributed by atoms with Gasteiger partial charge in [-0.1, -0.05) is 64.4 Å². The van der Waals surface area contributed by atoms with E-state index in [2.05, 4.69) is 6.92 Å². The van der Waals surface area contributed by atoms with Gasteiger partial charge in [0, 0.05) is 5.38 Å². The van der Waals surface area contributed by atoms with E-state index < -0.39 is 11.6 Å². The van der Waals surface area contributed by atoms with Crippen molar-refractivity contribution in [1.29, 1.82) is 0 Å². The van der Waals surface area contributed by atoms with Gasteiger partial charge < -0.3 is 0 Å². The summed E-state index contributed by atoms with van der Waals surface area (Å²) in [7, 11) is 0. The minimum Gasteiger partial charge on any atom is -0.204 e. The Morgan fingerprint density at radius 2 is 1.59 bits per heavy atom. The molecule has 0 heterocycles. The van der Waals surface area contributed by atoms with Crippen LogP contribution in [0.1, 0.15) is 95.5 Å². The van der Waals surface area contributed by atoms with Crippen molar-refractivity contribution in [2.24, 2.45) is 17.8 Å². The predicted molar refractivity (Wildman–Crippen MR) is 110 cm³/mol. The Hall–Kier alpha value is -0.630. The van der Waals surface area contributed by atoms with Gasteiger partial charge in [-0.2, -0.15) is 0 Å². The van der Waals surface area contributed by atoms with Gasteiger partial charge in [-0.25, -0.2) is 8.78 Å². The van der Waals surface area contributed by atoms with Crippen LogP contribution in [0.3, 0.4) is 0 Å². The van der Waals surface area contributed by atoms with Crippen LogP contribution in [0.15, 0.2) is 18.2 Å². The van der Waals surface area contributed by atoms with Crippen molar-refractivity contribution in [3.63, 3.8) is 0 Å². The molecule has 0 N–H and O–H groups in total. The van der Waals surface area contributed by atoms with E-state index in [-0.39, 0.29) is 11.3 Å². The van der Waals surface area contributed by atoms with E-state index in [1.165, 1.54) is 69.9 Å². The maximum Gasteiger partial charge on any atom is 0.159 e. The second-order valence-electron chi connectivity index (χ2n) is 9.07. The molecule has 0 aromatic heterocycles. The number of rotatable bonds is 7. The minimum atomic E-state index is -0.765. The Morgan fingerprint density at radius 1 is 0.889 bits per heavy atom. The molecule has 2 fully saturated rings. The molecular weight excluding hydrogens is 362 g/mol. The molecule has 0 saturated heterocycles. The van der Waals surface area contributed by atoms with E-state index in [1.54, 1.807) is 6.07 Å². The highest BCUT2D eigenvalue weighted by Crippen LogP contribution is 2.42. The summed E-state index contributed by atoms with van der Waals surface area (Å²) in [5, 5.41) is 0.165. The highest BCUT2D eigenvalue weighted by molar-refractivity contribution is 6.20. The van der Waals surface area contributed by atoms with Crippen LogP contribution in [0, 0.1) is 29.4 Å². The standard InChI is InChI=1S/C24H35ClF2/c1-2-3-4-17-5-7-18(8-6-17)9-10-19-11-12-20(15-22(19)25)21-13-14-23(26)24(27)16-21/h13-14,16-20,22H,2-12,15H2,1H3/t17?,18?,19-,20-,22?/m1/s1. The molecule has 0 bridgehead atoms. The zero-order valence-corrected chi connectivity index (χ0v) is 17.5. The number of hydrogen-bond acceptors (Lipinski definition) is 0. The first-order valence-corrected chi connectivity index (χ1v) is 11.6. The number of alkyl halides is 1. The Balaban J connectivity index is 1.41. The summed E-state index contributed by atoms with van der Waals surface area (Å²) in [5.41, 5.74) is 0.906. The molecule has 0 amide bonds. The lowest BCUT2D eigenvalue weighted by Crippen LogP contribution is -2.25. The zero-order chi connectivity index (χ0) is 19.2. The Bertz CT molecular complexity index is 580. The average molecular weight is 397 g/mol. The molecule has 0 aliphatic heterocycles. The molecule has 2 aliphatic carbocycles. The molecule has 0 nitrogen and oxygen atoms in total. The molecular formula is C24H35ClF2. The number of halogens is 3. The normalized spacial score (nSPS) is 31.8. The van der Waals surface area contributed by atoms with Gasteiger partial charge in [-0.3, -0.25) is 0 Å². The fourth-order valence-corrected chi connectivity index (χ4v) is 5.79. The van der Waals surface area contributed by atoms with Gasteiger partial charge in [-0.15, -0.1) is 11.6 Å². The van der Waals surface area contributed by atoms with Crippen LogP contribution in [0.4, 0.5) is 8.78 Å². The Labute approximate surface area is 169 Å². The van der Waals surface area contributed by atoms with Gasteiger partial charge in [0.05, 0.1) is 0 Å². The maximum atomic E-state index is 13.5. The molecule has 2 saturated carbocycles. The van der Waals surface area contributed by atoms with Gasteiger partial charge in [0.15, 0.2) is 11.6 Å². The van der Waals surface area contributed by atoms with Crippen molar-refractivity contribution < 1.29 is 8.78 Å². The summed E-state index contributed by atoms with van der Waals surface area (Å²) in [6, 6.07) is 4.34. The summed E-state index contributed by atoms with van der Waals surface area (Å²) >= 11 is 6.73. The summed E-state index contributed by atoms with van der Waals surface area (Å²) < 4.78 is 26.7. The van der Waals surface area contributed by atoms with Crippen molar-refractivity contribution in [2.45, 2.75) is 95.3 Å². The van der Waals surface area contributed by atoms with Crippen molar-refractivity contribution in [2.75, 3.05) is 0 Å².